The summed E-state index contributed by atoms with van der Waals surface area (Å²) in [7, 11) is 1.73. The maximum absolute atomic E-state index is 14.8. The standard InChI is InChI=1S/C44H48F3N11O5/c1-54-40-26(17-27(45)18-33(40)38(52-54)32-8-9-37(59)51-43(32)60)3-2-16-62-30-10-13-55(14-11-30)21-25-4-6-28(7-5-25)58-23-35(39(53-58)41(46)47)49-44(61)34-20-48-57-15-12-36(50-42(34)57)56-22-31-19-29(56)24-63-31/h12,15,17-18,20,23,25,28-32,41H,4-11,13-14,16,19,21-22,24H2,1H3,(H,49,61)(H,51,59,60)/t25?,28?,29-,31-,32?/m1/s1. The van der Waals surface area contributed by atoms with Crippen molar-refractivity contribution in [3.63, 3.8) is 0 Å². The van der Waals surface area contributed by atoms with E-state index in [-0.39, 0.29) is 54.5 Å². The molecule has 2 bridgehead atoms. The van der Waals surface area contributed by atoms with E-state index in [2.05, 4.69) is 47.6 Å². The minimum atomic E-state index is -2.87. The van der Waals surface area contributed by atoms with Gasteiger partial charge in [0, 0.05) is 57.4 Å². The van der Waals surface area contributed by atoms with Crippen molar-refractivity contribution >= 4 is 45.8 Å². The Bertz CT molecular complexity index is 2630. The van der Waals surface area contributed by atoms with Crippen molar-refractivity contribution in [3.8, 4) is 11.8 Å². The molecule has 1 saturated carbocycles. The summed E-state index contributed by atoms with van der Waals surface area (Å²) in [5, 5.41) is 18.6. The molecule has 1 unspecified atom stereocenters. The molecule has 330 valence electrons. The summed E-state index contributed by atoms with van der Waals surface area (Å²) in [5.41, 5.74) is 1.56. The Hall–Kier alpha value is -5.84. The third kappa shape index (κ3) is 8.27. The summed E-state index contributed by atoms with van der Waals surface area (Å²) in [6.07, 6.45) is 8.66. The maximum atomic E-state index is 14.8. The van der Waals surface area contributed by atoms with Crippen LogP contribution in [0.4, 0.5) is 24.7 Å². The summed E-state index contributed by atoms with van der Waals surface area (Å²) in [6, 6.07) is 4.76. The first-order chi connectivity index (χ1) is 30.5. The number of hydrogen-bond acceptors (Lipinski definition) is 11. The number of halogens is 3. The quantitative estimate of drug-likeness (QED) is 0.145. The lowest BCUT2D eigenvalue weighted by Crippen LogP contribution is -2.40. The van der Waals surface area contributed by atoms with Crippen molar-refractivity contribution in [3.05, 3.63) is 65.1 Å². The summed E-state index contributed by atoms with van der Waals surface area (Å²) in [4.78, 5) is 47.1. The van der Waals surface area contributed by atoms with Gasteiger partial charge in [0.25, 0.3) is 12.3 Å². The number of nitrogens with one attached hydrogen (secondary N) is 2. The predicted octanol–water partition coefficient (Wildman–Crippen LogP) is 4.90. The van der Waals surface area contributed by atoms with Crippen LogP contribution in [0, 0.1) is 23.6 Å². The Kier molecular flexibility index (Phi) is 11.1. The number of ether oxygens (including phenoxy) is 2. The molecule has 1 aliphatic carbocycles. The Labute approximate surface area is 360 Å². The van der Waals surface area contributed by atoms with Crippen molar-refractivity contribution in [1.82, 2.24) is 44.4 Å². The number of aryl methyl sites for hydroxylation is 1. The van der Waals surface area contributed by atoms with Gasteiger partial charge in [0.1, 0.15) is 23.8 Å². The lowest BCUT2D eigenvalue weighted by molar-refractivity contribution is -0.134. The number of rotatable bonds is 10. The van der Waals surface area contributed by atoms with Crippen molar-refractivity contribution in [1.29, 1.82) is 0 Å². The Morgan fingerprint density at radius 3 is 2.65 bits per heavy atom. The molecule has 63 heavy (non-hydrogen) atoms. The summed E-state index contributed by atoms with van der Waals surface area (Å²) >= 11 is 0. The van der Waals surface area contributed by atoms with Crippen LogP contribution in [0.2, 0.25) is 0 Å². The highest BCUT2D eigenvalue weighted by Crippen LogP contribution is 2.37. The number of carbonyl (C=O) groups excluding carboxylic acids is 3. The molecule has 0 radical (unpaired) electrons. The van der Waals surface area contributed by atoms with Crippen LogP contribution in [-0.2, 0) is 26.1 Å². The molecule has 5 aromatic rings. The molecule has 3 atom stereocenters. The third-order valence-corrected chi connectivity index (χ3v) is 13.4. The van der Waals surface area contributed by atoms with Crippen LogP contribution in [0.1, 0.15) is 103 Å². The molecule has 19 heteroatoms. The monoisotopic (exact) mass is 867 g/mol. The number of benzene rings is 1. The molecule has 0 spiro atoms. The molecule has 4 saturated heterocycles. The van der Waals surface area contributed by atoms with Crippen molar-refractivity contribution in [2.75, 3.05) is 49.6 Å². The van der Waals surface area contributed by atoms with E-state index in [1.165, 1.54) is 29.0 Å². The van der Waals surface area contributed by atoms with Crippen molar-refractivity contribution < 1.29 is 37.0 Å². The number of morpholine rings is 1. The number of likely N-dealkylation sites (tertiary alicyclic amines) is 1. The van der Waals surface area contributed by atoms with Crippen LogP contribution < -0.4 is 15.5 Å². The SMILES string of the molecule is Cn1nc(C2CCC(=O)NC2=O)c2cc(F)cc(C#CCOC3CCN(CC4CCC(n5cc(NC(=O)c6cnn7ccc(N8C[C@H]9C[C@@H]8CO9)nc67)c(C(F)F)n5)CC4)CC3)c21. The van der Waals surface area contributed by atoms with Gasteiger partial charge < -0.3 is 24.6 Å². The Morgan fingerprint density at radius 2 is 1.90 bits per heavy atom. The number of fused-ring (bicyclic) bond motifs is 4. The van der Waals surface area contributed by atoms with E-state index in [1.807, 2.05) is 6.07 Å². The molecule has 5 aliphatic rings. The number of carbonyl (C=O) groups is 3. The highest BCUT2D eigenvalue weighted by Gasteiger charge is 2.40. The third-order valence-electron chi connectivity index (χ3n) is 13.4. The topological polar surface area (TPSA) is 166 Å². The lowest BCUT2D eigenvalue weighted by atomic mass is 9.85. The zero-order valence-electron chi connectivity index (χ0n) is 34.8. The van der Waals surface area contributed by atoms with Crippen molar-refractivity contribution in [2.45, 2.75) is 94.4 Å². The molecule has 4 aromatic heterocycles. The number of anilines is 2. The maximum Gasteiger partial charge on any atom is 0.284 e. The smallest absolute Gasteiger partial charge is 0.284 e. The molecule has 1 aromatic carbocycles. The first-order valence-corrected chi connectivity index (χ1v) is 21.8. The van der Waals surface area contributed by atoms with E-state index < -0.39 is 35.7 Å². The predicted molar refractivity (Wildman–Crippen MR) is 223 cm³/mol. The Balaban J connectivity index is 0.700. The highest BCUT2D eigenvalue weighted by molar-refractivity contribution is 6.08. The van der Waals surface area contributed by atoms with Gasteiger partial charge in [0.05, 0.1) is 65.5 Å². The molecular formula is C44H48F3N11O5. The summed E-state index contributed by atoms with van der Waals surface area (Å²) < 4.78 is 59.9. The number of imide groups is 1. The minimum absolute atomic E-state index is 0.0157. The number of hydrogen-bond donors (Lipinski definition) is 2. The van der Waals surface area contributed by atoms with Gasteiger partial charge >= 0.3 is 0 Å². The number of aromatic nitrogens is 7. The van der Waals surface area contributed by atoms with E-state index >= 15 is 0 Å². The largest absolute Gasteiger partial charge is 0.374 e. The summed E-state index contributed by atoms with van der Waals surface area (Å²) in [6.45, 7) is 4.28. The highest BCUT2D eigenvalue weighted by atomic mass is 19.3. The molecule has 2 N–H and O–H groups in total. The van der Waals surface area contributed by atoms with Crippen LogP contribution in [0.15, 0.2) is 36.8 Å². The molecule has 5 fully saturated rings. The van der Waals surface area contributed by atoms with Gasteiger partial charge in [-0.1, -0.05) is 11.8 Å². The van der Waals surface area contributed by atoms with Gasteiger partial charge in [-0.3, -0.25) is 29.1 Å². The molecule has 4 aliphatic heterocycles. The van der Waals surface area contributed by atoms with Crippen LogP contribution in [0.3, 0.4) is 0 Å². The fourth-order valence-electron chi connectivity index (χ4n) is 10.1. The van der Waals surface area contributed by atoms with E-state index in [0.29, 0.717) is 46.8 Å². The lowest BCUT2D eigenvalue weighted by Gasteiger charge is -2.36. The van der Waals surface area contributed by atoms with Crippen molar-refractivity contribution in [2.24, 2.45) is 13.0 Å². The number of nitrogens with zero attached hydrogens (tertiary/aromatic N) is 9. The van der Waals surface area contributed by atoms with Gasteiger partial charge in [0.2, 0.25) is 11.8 Å². The van der Waals surface area contributed by atoms with E-state index in [1.54, 1.807) is 22.6 Å². The fourth-order valence-corrected chi connectivity index (χ4v) is 10.1. The number of alkyl halides is 2. The average Bonchev–Trinajstić information content (AvgIpc) is 4.13. The fraction of sp³-hybridized carbons (Fsp3) is 0.523. The minimum Gasteiger partial charge on any atom is -0.374 e. The first kappa shape index (κ1) is 41.2. The van der Waals surface area contributed by atoms with E-state index in [9.17, 15) is 27.6 Å². The normalized spacial score (nSPS) is 24.4. The van der Waals surface area contributed by atoms with Crippen LogP contribution in [0.25, 0.3) is 16.6 Å². The van der Waals surface area contributed by atoms with Gasteiger partial charge in [-0.15, -0.1) is 0 Å². The zero-order valence-corrected chi connectivity index (χ0v) is 34.8. The second-order valence-electron chi connectivity index (χ2n) is 17.4. The summed E-state index contributed by atoms with van der Waals surface area (Å²) in [5.74, 6) is 4.83. The van der Waals surface area contributed by atoms with Gasteiger partial charge in [-0.25, -0.2) is 22.7 Å². The molecule has 3 amide bonds. The Morgan fingerprint density at radius 1 is 1.08 bits per heavy atom. The number of amides is 3. The van der Waals surface area contributed by atoms with Crippen LogP contribution >= 0.6 is 0 Å². The van der Waals surface area contributed by atoms with Crippen LogP contribution in [0.5, 0.6) is 0 Å². The van der Waals surface area contributed by atoms with Gasteiger partial charge in [-0.05, 0) is 75.5 Å². The first-order valence-electron chi connectivity index (χ1n) is 21.8. The molecular weight excluding hydrogens is 820 g/mol. The van der Waals surface area contributed by atoms with Crippen LogP contribution in [-0.4, -0.2) is 114 Å². The van der Waals surface area contributed by atoms with E-state index in [4.69, 9.17) is 14.5 Å². The molecule has 8 heterocycles. The number of piperidine rings is 2. The molecule has 16 nitrogen and oxygen atoms in total. The second-order valence-corrected chi connectivity index (χ2v) is 17.4. The van der Waals surface area contributed by atoms with Gasteiger partial charge in [0.15, 0.2) is 11.3 Å². The average molecular weight is 868 g/mol. The second kappa shape index (κ2) is 17.0. The van der Waals surface area contributed by atoms with E-state index in [0.717, 1.165) is 76.9 Å². The zero-order chi connectivity index (χ0) is 43.4. The molecule has 10 rings (SSSR count). The van der Waals surface area contributed by atoms with Gasteiger partial charge in [-0.2, -0.15) is 15.3 Å².